The Kier molecular flexibility index (Phi) is 2.54. The van der Waals surface area contributed by atoms with Crippen LogP contribution >= 0.6 is 0 Å². The molecule has 0 N–H and O–H groups in total. The fourth-order valence-corrected chi connectivity index (χ4v) is 7.28. The number of methoxy groups -OCH3 is 1. The zero-order valence-electron chi connectivity index (χ0n) is 15.6. The van der Waals surface area contributed by atoms with E-state index in [9.17, 15) is 0 Å². The average molecular weight is 341 g/mol. The van der Waals surface area contributed by atoms with Gasteiger partial charge in [0.1, 0.15) is 24.2 Å². The van der Waals surface area contributed by atoms with Gasteiger partial charge in [0, 0.05) is 25.3 Å². The molecule has 0 aromatic heterocycles. The molecule has 4 nitrogen and oxygen atoms in total. The van der Waals surface area contributed by atoms with E-state index in [1.165, 1.54) is 16.7 Å². The Bertz CT molecular complexity index is 794. The van der Waals surface area contributed by atoms with Gasteiger partial charge >= 0.3 is 0 Å². The number of rotatable bonds is 1. The lowest BCUT2D eigenvalue weighted by Crippen LogP contribution is -2.78. The van der Waals surface area contributed by atoms with Crippen molar-refractivity contribution in [2.24, 2.45) is 5.92 Å². The fourth-order valence-electron chi connectivity index (χ4n) is 7.28. The molecule has 3 unspecified atom stereocenters. The highest BCUT2D eigenvalue weighted by Gasteiger charge is 2.79. The molecule has 25 heavy (non-hydrogen) atoms. The van der Waals surface area contributed by atoms with Crippen LogP contribution in [-0.2, 0) is 21.3 Å². The molecule has 3 aliphatic heterocycles. The lowest BCUT2D eigenvalue weighted by Gasteiger charge is -2.65. The molecule has 3 heterocycles. The van der Waals surface area contributed by atoms with Gasteiger partial charge in [0.2, 0.25) is 0 Å². The smallest absolute Gasteiger partial charge is 0.140 e. The van der Waals surface area contributed by atoms with E-state index in [-0.39, 0.29) is 22.7 Å². The van der Waals surface area contributed by atoms with Gasteiger partial charge < -0.3 is 14.2 Å². The summed E-state index contributed by atoms with van der Waals surface area (Å²) in [5.41, 5.74) is 3.74. The largest absolute Gasteiger partial charge is 0.486 e. The van der Waals surface area contributed by atoms with E-state index in [0.717, 1.165) is 38.3 Å². The molecule has 4 bridgehead atoms. The van der Waals surface area contributed by atoms with Gasteiger partial charge in [-0.15, -0.1) is 0 Å². The number of ether oxygens (including phenoxy) is 3. The standard InChI is InChI=1S/C21H27NO3/c1-12-5-6-14-9-15-20-8-7-19(3,23-4)18-21(20,16(14)17(12)25-18)13(2)10-22(15)11-24-20/h5-6,13,15,18H,7-11H2,1-4H3/t13?,15-,18+,19?,20-,21+/m1/s1. The highest BCUT2D eigenvalue weighted by molar-refractivity contribution is 5.61. The lowest BCUT2D eigenvalue weighted by molar-refractivity contribution is -0.221. The predicted octanol–water partition coefficient (Wildman–Crippen LogP) is 2.80. The van der Waals surface area contributed by atoms with E-state index in [1.807, 2.05) is 7.11 Å². The Balaban J connectivity index is 1.74. The first-order valence-electron chi connectivity index (χ1n) is 9.71. The van der Waals surface area contributed by atoms with Crippen LogP contribution in [0.3, 0.4) is 0 Å². The molecule has 1 saturated carbocycles. The summed E-state index contributed by atoms with van der Waals surface area (Å²) < 4.78 is 19.7. The maximum Gasteiger partial charge on any atom is 0.140 e. The van der Waals surface area contributed by atoms with Crippen molar-refractivity contribution in [2.75, 3.05) is 20.4 Å². The molecule has 2 aliphatic carbocycles. The Hall–Kier alpha value is -1.10. The van der Waals surface area contributed by atoms with E-state index >= 15 is 0 Å². The van der Waals surface area contributed by atoms with E-state index in [0.29, 0.717) is 12.0 Å². The van der Waals surface area contributed by atoms with Crippen LogP contribution in [0, 0.1) is 12.8 Å². The topological polar surface area (TPSA) is 30.9 Å². The molecule has 2 spiro atoms. The maximum atomic E-state index is 6.81. The van der Waals surface area contributed by atoms with Crippen molar-refractivity contribution in [1.29, 1.82) is 0 Å². The number of aryl methyl sites for hydroxylation is 1. The Morgan fingerprint density at radius 2 is 2.12 bits per heavy atom. The van der Waals surface area contributed by atoms with Crippen LogP contribution in [0.2, 0.25) is 0 Å². The second-order valence-electron chi connectivity index (χ2n) is 9.18. The summed E-state index contributed by atoms with van der Waals surface area (Å²) in [6.45, 7) is 8.71. The minimum absolute atomic E-state index is 0.0339. The molecule has 4 heteroatoms. The first-order valence-corrected chi connectivity index (χ1v) is 9.71. The monoisotopic (exact) mass is 341 g/mol. The molecule has 7 atom stereocenters. The SMILES string of the molecule is COC1(C)CC[C@]23OCN4CC(C)[C@@]25c2c(ccc(C)c2O[C@@H]15)C[C@@H]43. The fraction of sp³-hybridized carbons (Fsp3) is 0.714. The van der Waals surface area contributed by atoms with Gasteiger partial charge in [-0.2, -0.15) is 0 Å². The van der Waals surface area contributed by atoms with Crippen LogP contribution in [0.5, 0.6) is 5.75 Å². The highest BCUT2D eigenvalue weighted by Crippen LogP contribution is 2.70. The lowest BCUT2D eigenvalue weighted by atomic mass is 9.44. The quantitative estimate of drug-likeness (QED) is 0.786. The van der Waals surface area contributed by atoms with Crippen molar-refractivity contribution >= 4 is 0 Å². The van der Waals surface area contributed by atoms with Gasteiger partial charge in [0.05, 0.1) is 11.0 Å². The Labute approximate surface area is 149 Å². The third kappa shape index (κ3) is 1.32. The molecular formula is C21H27NO3. The van der Waals surface area contributed by atoms with Crippen molar-refractivity contribution in [3.8, 4) is 5.75 Å². The average Bonchev–Trinajstić information content (AvgIpc) is 3.11. The summed E-state index contributed by atoms with van der Waals surface area (Å²) in [7, 11) is 1.85. The molecule has 0 amide bonds. The van der Waals surface area contributed by atoms with Crippen LogP contribution in [0.4, 0.5) is 0 Å². The summed E-state index contributed by atoms with van der Waals surface area (Å²) in [4.78, 5) is 2.59. The predicted molar refractivity (Wildman–Crippen MR) is 94.0 cm³/mol. The van der Waals surface area contributed by atoms with Crippen molar-refractivity contribution in [1.82, 2.24) is 4.90 Å². The van der Waals surface area contributed by atoms with Crippen LogP contribution in [-0.4, -0.2) is 48.6 Å². The molecule has 3 fully saturated rings. The van der Waals surface area contributed by atoms with E-state index < -0.39 is 0 Å². The molecule has 134 valence electrons. The van der Waals surface area contributed by atoms with Gasteiger partial charge in [-0.1, -0.05) is 19.1 Å². The molecule has 5 aliphatic rings. The van der Waals surface area contributed by atoms with Crippen molar-refractivity contribution in [2.45, 2.75) is 68.8 Å². The second-order valence-corrected chi connectivity index (χ2v) is 9.18. The molecule has 2 saturated heterocycles. The second kappa shape index (κ2) is 4.24. The van der Waals surface area contributed by atoms with Crippen LogP contribution in [0.1, 0.15) is 43.4 Å². The Morgan fingerprint density at radius 1 is 1.28 bits per heavy atom. The third-order valence-corrected chi connectivity index (χ3v) is 8.38. The van der Waals surface area contributed by atoms with Gasteiger partial charge in [-0.05, 0) is 50.2 Å². The summed E-state index contributed by atoms with van der Waals surface area (Å²) in [5, 5.41) is 0. The van der Waals surface area contributed by atoms with E-state index in [2.05, 4.69) is 37.8 Å². The Morgan fingerprint density at radius 3 is 2.92 bits per heavy atom. The van der Waals surface area contributed by atoms with Crippen LogP contribution in [0.15, 0.2) is 12.1 Å². The van der Waals surface area contributed by atoms with Gasteiger partial charge in [0.15, 0.2) is 0 Å². The number of piperidine rings is 1. The zero-order valence-corrected chi connectivity index (χ0v) is 15.6. The number of nitrogens with zero attached hydrogens (tertiary/aromatic N) is 1. The van der Waals surface area contributed by atoms with Gasteiger partial charge in [-0.3, -0.25) is 4.90 Å². The summed E-state index contributed by atoms with van der Waals surface area (Å²) >= 11 is 0. The van der Waals surface area contributed by atoms with E-state index in [4.69, 9.17) is 14.2 Å². The molecule has 1 aromatic rings. The summed E-state index contributed by atoms with van der Waals surface area (Å²) in [6.07, 6.45) is 3.19. The van der Waals surface area contributed by atoms with E-state index in [1.54, 1.807) is 0 Å². The van der Waals surface area contributed by atoms with Crippen molar-refractivity contribution in [3.05, 3.63) is 28.8 Å². The summed E-state index contributed by atoms with van der Waals surface area (Å²) in [5.74, 6) is 1.62. The number of hydrogen-bond acceptors (Lipinski definition) is 4. The molecule has 0 radical (unpaired) electrons. The molecule has 6 rings (SSSR count). The number of hydrogen-bond donors (Lipinski definition) is 0. The van der Waals surface area contributed by atoms with Crippen LogP contribution < -0.4 is 4.74 Å². The third-order valence-electron chi connectivity index (χ3n) is 8.38. The first kappa shape index (κ1) is 15.0. The van der Waals surface area contributed by atoms with Crippen LogP contribution in [0.25, 0.3) is 0 Å². The summed E-state index contributed by atoms with van der Waals surface area (Å²) in [6, 6.07) is 5.07. The zero-order chi connectivity index (χ0) is 17.2. The van der Waals surface area contributed by atoms with Gasteiger partial charge in [-0.25, -0.2) is 0 Å². The van der Waals surface area contributed by atoms with Gasteiger partial charge in [0.25, 0.3) is 0 Å². The first-order chi connectivity index (χ1) is 12.0. The molecular weight excluding hydrogens is 314 g/mol. The minimum Gasteiger partial charge on any atom is -0.486 e. The highest BCUT2D eigenvalue weighted by atomic mass is 16.6. The minimum atomic E-state index is -0.266. The maximum absolute atomic E-state index is 6.81. The number of benzene rings is 1. The molecule has 1 aromatic carbocycles. The van der Waals surface area contributed by atoms with Crippen molar-refractivity contribution < 1.29 is 14.2 Å². The normalized spacial score (nSPS) is 51.2. The van der Waals surface area contributed by atoms with Crippen molar-refractivity contribution in [3.63, 3.8) is 0 Å².